The second-order valence-electron chi connectivity index (χ2n) is 8.69. The van der Waals surface area contributed by atoms with E-state index in [-0.39, 0.29) is 0 Å². The predicted molar refractivity (Wildman–Crippen MR) is 149 cm³/mol. The minimum absolute atomic E-state index is 0.339. The Morgan fingerprint density at radius 2 is 1.32 bits per heavy atom. The van der Waals surface area contributed by atoms with E-state index in [4.69, 9.17) is 10.5 Å². The van der Waals surface area contributed by atoms with Gasteiger partial charge < -0.3 is 10.5 Å². The molecule has 0 saturated carbocycles. The summed E-state index contributed by atoms with van der Waals surface area (Å²) in [7, 11) is 0. The van der Waals surface area contributed by atoms with Gasteiger partial charge in [0.15, 0.2) is 0 Å². The maximum atomic E-state index is 13.4. The van der Waals surface area contributed by atoms with Crippen LogP contribution in [0.1, 0.15) is 15.9 Å². The number of rotatable bonds is 7. The van der Waals surface area contributed by atoms with E-state index in [0.29, 0.717) is 17.9 Å². The molecule has 0 saturated heterocycles. The molecule has 0 atom stereocenters. The molecular weight excluding hydrogens is 474 g/mol. The first kappa shape index (κ1) is 24.5. The minimum atomic E-state index is -0.482. The number of primary amides is 1. The monoisotopic (exact) mass is 499 g/mol. The Bertz CT molecular complexity index is 1540. The molecule has 0 bridgehead atoms. The fraction of sp³-hybridized carbons (Fsp3) is 0.0312. The summed E-state index contributed by atoms with van der Waals surface area (Å²) in [6, 6.07) is 35.7. The van der Waals surface area contributed by atoms with Crippen LogP contribution in [0.15, 0.2) is 128 Å². The SMILES string of the molecule is NC(=O)c1ccc(-c2ccc(OC(=O)N(Cc3cccc(-c4ccncc4)c3)c3ccccc3)cc2)cc1. The number of pyridine rings is 1. The van der Waals surface area contributed by atoms with Crippen LogP contribution in [0.5, 0.6) is 5.75 Å². The van der Waals surface area contributed by atoms with Crippen LogP contribution in [0.2, 0.25) is 0 Å². The van der Waals surface area contributed by atoms with Gasteiger partial charge in [0.2, 0.25) is 5.91 Å². The summed E-state index contributed by atoms with van der Waals surface area (Å²) in [5.74, 6) is -0.0372. The van der Waals surface area contributed by atoms with Crippen LogP contribution in [0.4, 0.5) is 10.5 Å². The Kier molecular flexibility index (Phi) is 7.23. The molecule has 186 valence electrons. The van der Waals surface area contributed by atoms with Gasteiger partial charge in [0.05, 0.1) is 6.54 Å². The van der Waals surface area contributed by atoms with Gasteiger partial charge in [-0.25, -0.2) is 4.79 Å². The van der Waals surface area contributed by atoms with Crippen molar-refractivity contribution in [3.8, 4) is 28.0 Å². The van der Waals surface area contributed by atoms with Crippen LogP contribution < -0.4 is 15.4 Å². The third-order valence-corrected chi connectivity index (χ3v) is 6.13. The summed E-state index contributed by atoms with van der Waals surface area (Å²) in [5.41, 5.74) is 11.4. The van der Waals surface area contributed by atoms with Crippen LogP contribution in [-0.4, -0.2) is 17.0 Å². The Morgan fingerprint density at radius 1 is 0.684 bits per heavy atom. The number of benzene rings is 4. The summed E-state index contributed by atoms with van der Waals surface area (Å²) in [6.07, 6.45) is 3.04. The average molecular weight is 500 g/mol. The number of amides is 2. The lowest BCUT2D eigenvalue weighted by Crippen LogP contribution is -2.33. The maximum absolute atomic E-state index is 13.4. The summed E-state index contributed by atoms with van der Waals surface area (Å²) < 4.78 is 5.78. The number of nitrogens with two attached hydrogens (primary N) is 1. The van der Waals surface area contributed by atoms with E-state index in [0.717, 1.165) is 33.5 Å². The standard InChI is InChI=1S/C32H25N3O3/c33-31(36)27-11-9-24(10-12-27)25-13-15-30(16-14-25)38-32(37)35(29-7-2-1-3-8-29)22-23-5-4-6-28(21-23)26-17-19-34-20-18-26/h1-21H,22H2,(H2,33,36). The highest BCUT2D eigenvalue weighted by molar-refractivity contribution is 5.93. The van der Waals surface area contributed by atoms with E-state index < -0.39 is 12.0 Å². The molecule has 6 nitrogen and oxygen atoms in total. The number of hydrogen-bond donors (Lipinski definition) is 1. The normalized spacial score (nSPS) is 10.5. The molecule has 0 aliphatic rings. The molecule has 0 unspecified atom stereocenters. The first-order valence-electron chi connectivity index (χ1n) is 12.1. The molecule has 2 N–H and O–H groups in total. The molecule has 0 aliphatic carbocycles. The molecular formula is C32H25N3O3. The van der Waals surface area contributed by atoms with Crippen molar-refractivity contribution in [2.45, 2.75) is 6.54 Å². The lowest BCUT2D eigenvalue weighted by Gasteiger charge is -2.22. The van der Waals surface area contributed by atoms with Crippen molar-refractivity contribution in [2.24, 2.45) is 5.73 Å². The number of anilines is 1. The van der Waals surface area contributed by atoms with Gasteiger partial charge in [-0.3, -0.25) is 14.7 Å². The fourth-order valence-corrected chi connectivity index (χ4v) is 4.14. The Labute approximate surface area is 221 Å². The molecule has 6 heteroatoms. The molecule has 0 fully saturated rings. The van der Waals surface area contributed by atoms with Crippen molar-refractivity contribution in [1.82, 2.24) is 4.98 Å². The van der Waals surface area contributed by atoms with Crippen LogP contribution in [0, 0.1) is 0 Å². The van der Waals surface area contributed by atoms with Crippen LogP contribution >= 0.6 is 0 Å². The minimum Gasteiger partial charge on any atom is -0.410 e. The number of aromatic nitrogens is 1. The highest BCUT2D eigenvalue weighted by atomic mass is 16.6. The second-order valence-corrected chi connectivity index (χ2v) is 8.69. The van der Waals surface area contributed by atoms with Crippen molar-refractivity contribution in [1.29, 1.82) is 0 Å². The molecule has 0 aliphatic heterocycles. The van der Waals surface area contributed by atoms with Gasteiger partial charge in [0.25, 0.3) is 0 Å². The predicted octanol–water partition coefficient (Wildman–Crippen LogP) is 6.72. The van der Waals surface area contributed by atoms with E-state index in [1.807, 2.05) is 84.9 Å². The largest absolute Gasteiger partial charge is 0.420 e. The van der Waals surface area contributed by atoms with Gasteiger partial charge in [0.1, 0.15) is 5.75 Å². The topological polar surface area (TPSA) is 85.5 Å². The van der Waals surface area contributed by atoms with E-state index >= 15 is 0 Å². The molecule has 5 rings (SSSR count). The Balaban J connectivity index is 1.35. The summed E-state index contributed by atoms with van der Waals surface area (Å²) >= 11 is 0. The van der Waals surface area contributed by atoms with Gasteiger partial charge in [-0.2, -0.15) is 0 Å². The number of para-hydroxylation sites is 1. The molecule has 1 heterocycles. The molecule has 1 aromatic heterocycles. The third-order valence-electron chi connectivity index (χ3n) is 6.13. The Morgan fingerprint density at radius 3 is 1.97 bits per heavy atom. The van der Waals surface area contributed by atoms with Crippen molar-refractivity contribution in [3.63, 3.8) is 0 Å². The first-order chi connectivity index (χ1) is 18.6. The van der Waals surface area contributed by atoms with Gasteiger partial charge in [-0.15, -0.1) is 0 Å². The highest BCUT2D eigenvalue weighted by Gasteiger charge is 2.19. The number of hydrogen-bond acceptors (Lipinski definition) is 4. The molecule has 0 radical (unpaired) electrons. The van der Waals surface area contributed by atoms with Gasteiger partial charge >= 0.3 is 6.09 Å². The molecule has 4 aromatic carbocycles. The van der Waals surface area contributed by atoms with Crippen LogP contribution in [0.3, 0.4) is 0 Å². The fourth-order valence-electron chi connectivity index (χ4n) is 4.14. The molecule has 38 heavy (non-hydrogen) atoms. The number of carbonyl (C=O) groups is 2. The van der Waals surface area contributed by atoms with E-state index in [9.17, 15) is 9.59 Å². The summed E-state index contributed by atoms with van der Waals surface area (Å²) in [6.45, 7) is 0.339. The average Bonchev–Trinajstić information content (AvgIpc) is 2.97. The van der Waals surface area contributed by atoms with E-state index in [1.54, 1.807) is 41.6 Å². The lowest BCUT2D eigenvalue weighted by atomic mass is 10.0. The third kappa shape index (κ3) is 5.77. The molecule has 2 amide bonds. The second kappa shape index (κ2) is 11.2. The van der Waals surface area contributed by atoms with Crippen molar-refractivity contribution < 1.29 is 14.3 Å². The van der Waals surface area contributed by atoms with Gasteiger partial charge in [0, 0.05) is 23.6 Å². The summed E-state index contributed by atoms with van der Waals surface area (Å²) in [4.78, 5) is 30.4. The first-order valence-corrected chi connectivity index (χ1v) is 12.1. The quantitative estimate of drug-likeness (QED) is 0.269. The van der Waals surface area contributed by atoms with Crippen molar-refractivity contribution >= 4 is 17.7 Å². The van der Waals surface area contributed by atoms with E-state index in [1.165, 1.54) is 0 Å². The van der Waals surface area contributed by atoms with Crippen LogP contribution in [-0.2, 0) is 6.54 Å². The van der Waals surface area contributed by atoms with Crippen LogP contribution in [0.25, 0.3) is 22.3 Å². The number of ether oxygens (including phenoxy) is 1. The van der Waals surface area contributed by atoms with Gasteiger partial charge in [-0.1, -0.05) is 60.7 Å². The zero-order chi connectivity index (χ0) is 26.3. The molecule has 5 aromatic rings. The van der Waals surface area contributed by atoms with Crippen molar-refractivity contribution in [2.75, 3.05) is 4.90 Å². The van der Waals surface area contributed by atoms with Crippen molar-refractivity contribution in [3.05, 3.63) is 139 Å². The van der Waals surface area contributed by atoms with Gasteiger partial charge in [-0.05, 0) is 82.4 Å². The lowest BCUT2D eigenvalue weighted by molar-refractivity contribution is 0.1000. The zero-order valence-electron chi connectivity index (χ0n) is 20.5. The Hall–Kier alpha value is -5.23. The zero-order valence-corrected chi connectivity index (χ0v) is 20.5. The number of carbonyl (C=O) groups excluding carboxylic acids is 2. The highest BCUT2D eigenvalue weighted by Crippen LogP contribution is 2.26. The number of nitrogens with zero attached hydrogens (tertiary/aromatic N) is 2. The summed E-state index contributed by atoms with van der Waals surface area (Å²) in [5, 5.41) is 0. The van der Waals surface area contributed by atoms with E-state index in [2.05, 4.69) is 11.1 Å². The maximum Gasteiger partial charge on any atom is 0.420 e. The smallest absolute Gasteiger partial charge is 0.410 e. The molecule has 0 spiro atoms.